The molecule has 1 N–H and O–H groups in total. The Morgan fingerprint density at radius 3 is 2.44 bits per heavy atom. The van der Waals surface area contributed by atoms with Crippen LogP contribution in [0.1, 0.15) is 17.5 Å². The van der Waals surface area contributed by atoms with E-state index in [1.807, 2.05) is 30.3 Å². The molecule has 0 fully saturated rings. The Balaban J connectivity index is 2.24. The van der Waals surface area contributed by atoms with Crippen molar-refractivity contribution in [1.29, 1.82) is 0 Å². The van der Waals surface area contributed by atoms with Gasteiger partial charge in [-0.2, -0.15) is 0 Å². The number of hydrogen-bond acceptors (Lipinski definition) is 4. The molecule has 0 aliphatic rings. The van der Waals surface area contributed by atoms with Gasteiger partial charge in [0.05, 0.1) is 4.92 Å². The lowest BCUT2D eigenvalue weighted by molar-refractivity contribution is -0.384. The lowest BCUT2D eigenvalue weighted by Crippen LogP contribution is -2.26. The summed E-state index contributed by atoms with van der Waals surface area (Å²) in [6.07, 6.45) is 2.45. The molecule has 2 rings (SSSR count). The van der Waals surface area contributed by atoms with E-state index < -0.39 is 4.92 Å². The smallest absolute Gasteiger partial charge is 0.269 e. The van der Waals surface area contributed by atoms with Crippen molar-refractivity contribution in [3.8, 4) is 0 Å². The molecule has 0 saturated carbocycles. The summed E-state index contributed by atoms with van der Waals surface area (Å²) in [5.74, 6) is -0.194. The van der Waals surface area contributed by atoms with Gasteiger partial charge in [0.2, 0.25) is 0 Å². The Bertz CT molecular complexity index is 740. The molecule has 1 amide bonds. The van der Waals surface area contributed by atoms with E-state index in [-0.39, 0.29) is 11.6 Å². The van der Waals surface area contributed by atoms with Crippen molar-refractivity contribution in [3.63, 3.8) is 0 Å². The van der Waals surface area contributed by atoms with E-state index in [1.54, 1.807) is 25.3 Å². The SMILES string of the molecule is COCCCNC(=O)/C(=C/c1ccc([N+](=O)[O-])cc1)c1ccccc1. The predicted molar refractivity (Wildman–Crippen MR) is 96.9 cm³/mol. The minimum absolute atomic E-state index is 0.0161. The van der Waals surface area contributed by atoms with Crippen LogP contribution in [0, 0.1) is 10.1 Å². The first kappa shape index (κ1) is 18.4. The van der Waals surface area contributed by atoms with Crippen LogP contribution in [-0.2, 0) is 9.53 Å². The molecule has 2 aromatic rings. The maximum absolute atomic E-state index is 12.6. The molecule has 0 radical (unpaired) electrons. The summed E-state index contributed by atoms with van der Waals surface area (Å²) in [7, 11) is 1.62. The van der Waals surface area contributed by atoms with Crippen molar-refractivity contribution in [1.82, 2.24) is 5.32 Å². The lowest BCUT2D eigenvalue weighted by atomic mass is 10.0. The third-order valence-electron chi connectivity index (χ3n) is 3.56. The number of rotatable bonds is 8. The number of nitrogens with zero attached hydrogens (tertiary/aromatic N) is 1. The third-order valence-corrected chi connectivity index (χ3v) is 3.56. The minimum Gasteiger partial charge on any atom is -0.385 e. The number of amides is 1. The first-order valence-corrected chi connectivity index (χ1v) is 7.90. The van der Waals surface area contributed by atoms with Crippen LogP contribution in [0.25, 0.3) is 11.6 Å². The third kappa shape index (κ3) is 5.54. The molecule has 0 saturated heterocycles. The molecule has 0 heterocycles. The van der Waals surface area contributed by atoms with Gasteiger partial charge in [-0.3, -0.25) is 14.9 Å². The van der Waals surface area contributed by atoms with Gasteiger partial charge in [0.15, 0.2) is 0 Å². The van der Waals surface area contributed by atoms with Gasteiger partial charge in [0.25, 0.3) is 11.6 Å². The van der Waals surface area contributed by atoms with E-state index in [9.17, 15) is 14.9 Å². The molecule has 0 atom stereocenters. The van der Waals surface area contributed by atoms with Gasteiger partial charge in [-0.05, 0) is 35.8 Å². The van der Waals surface area contributed by atoms with Crippen molar-refractivity contribution in [3.05, 3.63) is 75.8 Å². The van der Waals surface area contributed by atoms with Gasteiger partial charge < -0.3 is 10.1 Å². The van der Waals surface area contributed by atoms with Crippen LogP contribution >= 0.6 is 0 Å². The Labute approximate surface area is 146 Å². The molecule has 6 nitrogen and oxygen atoms in total. The van der Waals surface area contributed by atoms with Crippen molar-refractivity contribution < 1.29 is 14.5 Å². The van der Waals surface area contributed by atoms with Crippen LogP contribution in [0.5, 0.6) is 0 Å². The topological polar surface area (TPSA) is 81.5 Å². The summed E-state index contributed by atoms with van der Waals surface area (Å²) in [6.45, 7) is 1.09. The zero-order valence-corrected chi connectivity index (χ0v) is 14.0. The van der Waals surface area contributed by atoms with Crippen molar-refractivity contribution in [2.24, 2.45) is 0 Å². The fraction of sp³-hybridized carbons (Fsp3) is 0.211. The molecule has 0 aliphatic heterocycles. The van der Waals surface area contributed by atoms with E-state index in [0.717, 1.165) is 17.5 Å². The highest BCUT2D eigenvalue weighted by Crippen LogP contribution is 2.20. The van der Waals surface area contributed by atoms with Crippen LogP contribution in [0.15, 0.2) is 54.6 Å². The Morgan fingerprint density at radius 1 is 1.16 bits per heavy atom. The Morgan fingerprint density at radius 2 is 1.84 bits per heavy atom. The quantitative estimate of drug-likeness (QED) is 0.263. The van der Waals surface area contributed by atoms with Crippen molar-refractivity contribution >= 4 is 23.2 Å². The van der Waals surface area contributed by atoms with E-state index in [2.05, 4.69) is 5.32 Å². The van der Waals surface area contributed by atoms with Gasteiger partial charge in [-0.1, -0.05) is 30.3 Å². The molecule has 25 heavy (non-hydrogen) atoms. The van der Waals surface area contributed by atoms with Crippen molar-refractivity contribution in [2.75, 3.05) is 20.3 Å². The van der Waals surface area contributed by atoms with E-state index in [4.69, 9.17) is 4.74 Å². The Hall–Kier alpha value is -2.99. The fourth-order valence-electron chi connectivity index (χ4n) is 2.27. The number of nitro benzene ring substituents is 1. The number of carbonyl (C=O) groups excluding carboxylic acids is 1. The molecular formula is C19H20N2O4. The van der Waals surface area contributed by atoms with Gasteiger partial charge in [0.1, 0.15) is 0 Å². The number of hydrogen-bond donors (Lipinski definition) is 1. The molecule has 2 aromatic carbocycles. The second-order valence-electron chi connectivity index (χ2n) is 5.37. The summed E-state index contributed by atoms with van der Waals surface area (Å²) < 4.78 is 4.97. The molecule has 0 bridgehead atoms. The normalized spacial score (nSPS) is 11.2. The van der Waals surface area contributed by atoms with E-state index >= 15 is 0 Å². The van der Waals surface area contributed by atoms with Crippen LogP contribution in [0.3, 0.4) is 0 Å². The molecule has 6 heteroatoms. The average molecular weight is 340 g/mol. The summed E-state index contributed by atoms with van der Waals surface area (Å²) in [5.41, 5.74) is 2.02. The number of nitrogens with one attached hydrogen (secondary N) is 1. The molecule has 130 valence electrons. The first-order chi connectivity index (χ1) is 12.1. The Kier molecular flexibility index (Phi) is 6.86. The van der Waals surface area contributed by atoms with Gasteiger partial charge in [-0.15, -0.1) is 0 Å². The lowest BCUT2D eigenvalue weighted by Gasteiger charge is -2.09. The minimum atomic E-state index is -0.450. The summed E-state index contributed by atoms with van der Waals surface area (Å²) in [4.78, 5) is 22.9. The maximum atomic E-state index is 12.6. The number of ether oxygens (including phenoxy) is 1. The summed E-state index contributed by atoms with van der Waals surface area (Å²) >= 11 is 0. The van der Waals surface area contributed by atoms with Crippen LogP contribution in [0.4, 0.5) is 5.69 Å². The maximum Gasteiger partial charge on any atom is 0.269 e. The molecule has 0 unspecified atom stereocenters. The zero-order chi connectivity index (χ0) is 18.1. The predicted octanol–water partition coefficient (Wildman–Crippen LogP) is 3.29. The highest BCUT2D eigenvalue weighted by Gasteiger charge is 2.12. The highest BCUT2D eigenvalue weighted by atomic mass is 16.6. The first-order valence-electron chi connectivity index (χ1n) is 7.90. The second-order valence-corrected chi connectivity index (χ2v) is 5.37. The standard InChI is InChI=1S/C19H20N2O4/c1-25-13-5-12-20-19(22)18(16-6-3-2-4-7-16)14-15-8-10-17(11-9-15)21(23)24/h2-4,6-11,14H,5,12-13H2,1H3,(H,20,22)/b18-14+. The zero-order valence-electron chi connectivity index (χ0n) is 14.0. The summed E-state index contributed by atoms with van der Waals surface area (Å²) in [6, 6.07) is 15.4. The number of nitro groups is 1. The molecular weight excluding hydrogens is 320 g/mol. The molecule has 0 spiro atoms. The monoisotopic (exact) mass is 340 g/mol. The van der Waals surface area contributed by atoms with E-state index in [0.29, 0.717) is 18.7 Å². The molecule has 0 aliphatic carbocycles. The van der Waals surface area contributed by atoms with Crippen LogP contribution in [0.2, 0.25) is 0 Å². The summed E-state index contributed by atoms with van der Waals surface area (Å²) in [5, 5.41) is 13.6. The number of methoxy groups -OCH3 is 1. The van der Waals surface area contributed by atoms with Gasteiger partial charge in [-0.25, -0.2) is 0 Å². The van der Waals surface area contributed by atoms with Gasteiger partial charge >= 0.3 is 0 Å². The van der Waals surface area contributed by atoms with E-state index in [1.165, 1.54) is 12.1 Å². The fourth-order valence-corrected chi connectivity index (χ4v) is 2.27. The second kappa shape index (κ2) is 9.34. The largest absolute Gasteiger partial charge is 0.385 e. The number of carbonyl (C=O) groups is 1. The highest BCUT2D eigenvalue weighted by molar-refractivity contribution is 6.24. The van der Waals surface area contributed by atoms with Crippen LogP contribution in [-0.4, -0.2) is 31.1 Å². The number of benzene rings is 2. The van der Waals surface area contributed by atoms with Crippen molar-refractivity contribution in [2.45, 2.75) is 6.42 Å². The number of non-ortho nitro benzene ring substituents is 1. The van der Waals surface area contributed by atoms with Crippen LogP contribution < -0.4 is 5.32 Å². The average Bonchev–Trinajstić information content (AvgIpc) is 2.64. The van der Waals surface area contributed by atoms with Gasteiger partial charge in [0, 0.05) is 38.0 Å². The molecule has 0 aromatic heterocycles.